The minimum absolute atomic E-state index is 0.115. The maximum Gasteiger partial charge on any atom is 0.186 e. The van der Waals surface area contributed by atoms with E-state index in [0.29, 0.717) is 5.82 Å². The van der Waals surface area contributed by atoms with Crippen LogP contribution in [-0.2, 0) is 0 Å². The number of nitrogen functional groups attached to an aromatic ring is 1. The molecule has 3 nitrogen and oxygen atoms in total. The Morgan fingerprint density at radius 1 is 1.11 bits per heavy atom. The molecule has 0 aliphatic rings. The van der Waals surface area contributed by atoms with Gasteiger partial charge in [0.1, 0.15) is 0 Å². The number of rotatable bonds is 1. The predicted molar refractivity (Wildman–Crippen MR) is 73.7 cm³/mol. The van der Waals surface area contributed by atoms with Crippen molar-refractivity contribution >= 4 is 21.7 Å². The van der Waals surface area contributed by atoms with Gasteiger partial charge in [0, 0.05) is 10.0 Å². The highest BCUT2D eigenvalue weighted by Crippen LogP contribution is 2.27. The fourth-order valence-corrected chi connectivity index (χ4v) is 2.01. The lowest BCUT2D eigenvalue weighted by Crippen LogP contribution is -2.03. The number of halogens is 2. The maximum absolute atomic E-state index is 13.4. The van der Waals surface area contributed by atoms with Gasteiger partial charge in [-0.25, -0.2) is 14.4 Å². The van der Waals surface area contributed by atoms with Crippen LogP contribution in [0.3, 0.4) is 0 Å². The van der Waals surface area contributed by atoms with Crippen molar-refractivity contribution in [2.24, 2.45) is 0 Å². The summed E-state index contributed by atoms with van der Waals surface area (Å²) in [4.78, 5) is 8.13. The quantitative estimate of drug-likeness (QED) is 0.876. The molecule has 0 aliphatic carbocycles. The fourth-order valence-electron chi connectivity index (χ4n) is 1.79. The van der Waals surface area contributed by atoms with Gasteiger partial charge in [0.15, 0.2) is 17.5 Å². The van der Waals surface area contributed by atoms with Gasteiger partial charge in [-0.1, -0.05) is 15.9 Å². The number of aromatic nitrogens is 2. The van der Waals surface area contributed by atoms with Crippen LogP contribution in [0, 0.1) is 26.6 Å². The van der Waals surface area contributed by atoms with Crippen LogP contribution in [0.5, 0.6) is 0 Å². The van der Waals surface area contributed by atoms with Gasteiger partial charge in [-0.15, -0.1) is 0 Å². The Bertz CT molecular complexity index is 524. The third kappa shape index (κ3) is 2.22. The molecule has 0 saturated carbocycles. The summed E-state index contributed by atoms with van der Waals surface area (Å²) in [6.45, 7) is 5.55. The van der Waals surface area contributed by atoms with E-state index in [-0.39, 0.29) is 11.5 Å². The number of aryl methyl sites for hydroxylation is 3. The number of nitrogens with two attached hydrogens (primary N) is 1. The van der Waals surface area contributed by atoms with Crippen LogP contribution in [0.4, 0.5) is 10.2 Å². The molecule has 2 aromatic rings. The van der Waals surface area contributed by atoms with E-state index in [1.807, 2.05) is 26.0 Å². The molecule has 0 saturated heterocycles. The molecule has 0 aliphatic heterocycles. The van der Waals surface area contributed by atoms with E-state index in [1.165, 1.54) is 0 Å². The van der Waals surface area contributed by atoms with E-state index >= 15 is 0 Å². The molecule has 2 rings (SSSR count). The molecule has 18 heavy (non-hydrogen) atoms. The molecule has 0 bridgehead atoms. The summed E-state index contributed by atoms with van der Waals surface area (Å²) in [5, 5.41) is 0. The third-order valence-electron chi connectivity index (χ3n) is 2.74. The van der Waals surface area contributed by atoms with Crippen LogP contribution in [-0.4, -0.2) is 9.97 Å². The van der Waals surface area contributed by atoms with Gasteiger partial charge in [0.2, 0.25) is 0 Å². The Hall–Kier alpha value is -1.49. The average Bonchev–Trinajstić information content (AvgIpc) is 2.31. The summed E-state index contributed by atoms with van der Waals surface area (Å²) in [7, 11) is 0. The Morgan fingerprint density at radius 3 is 2.17 bits per heavy atom. The molecule has 0 unspecified atom stereocenters. The highest BCUT2D eigenvalue weighted by atomic mass is 79.9. The number of nitrogens with zero attached hydrogens (tertiary/aromatic N) is 2. The van der Waals surface area contributed by atoms with Crippen LogP contribution >= 0.6 is 15.9 Å². The molecule has 94 valence electrons. The zero-order valence-electron chi connectivity index (χ0n) is 10.4. The van der Waals surface area contributed by atoms with Crippen molar-refractivity contribution in [2.75, 3.05) is 5.73 Å². The van der Waals surface area contributed by atoms with Crippen molar-refractivity contribution in [3.8, 4) is 11.4 Å². The Balaban J connectivity index is 2.63. The van der Waals surface area contributed by atoms with Crippen LogP contribution in [0.15, 0.2) is 16.6 Å². The second-order valence-electron chi connectivity index (χ2n) is 4.26. The molecule has 1 aromatic heterocycles. The first-order valence-electron chi connectivity index (χ1n) is 5.47. The van der Waals surface area contributed by atoms with Gasteiger partial charge < -0.3 is 5.73 Å². The topological polar surface area (TPSA) is 51.8 Å². The minimum Gasteiger partial charge on any atom is -0.381 e. The molecular weight excluding hydrogens is 297 g/mol. The molecule has 0 amide bonds. The SMILES string of the molecule is Cc1cc(-c2nc(C)c(F)c(N)n2)cc(C)c1Br. The first-order valence-corrected chi connectivity index (χ1v) is 6.26. The van der Waals surface area contributed by atoms with Gasteiger partial charge in [-0.3, -0.25) is 0 Å². The fraction of sp³-hybridized carbons (Fsp3) is 0.231. The Labute approximate surface area is 113 Å². The normalized spacial score (nSPS) is 10.7. The molecule has 2 N–H and O–H groups in total. The van der Waals surface area contributed by atoms with Gasteiger partial charge in [-0.2, -0.15) is 0 Å². The molecule has 1 aromatic carbocycles. The van der Waals surface area contributed by atoms with E-state index in [1.54, 1.807) is 6.92 Å². The minimum atomic E-state index is -0.552. The summed E-state index contributed by atoms with van der Waals surface area (Å²) in [5.41, 5.74) is 8.78. The Kier molecular flexibility index (Phi) is 3.34. The van der Waals surface area contributed by atoms with Gasteiger partial charge in [0.05, 0.1) is 5.69 Å². The lowest BCUT2D eigenvalue weighted by Gasteiger charge is -2.09. The third-order valence-corrected chi connectivity index (χ3v) is 3.99. The van der Waals surface area contributed by atoms with Crippen molar-refractivity contribution in [1.82, 2.24) is 9.97 Å². The second-order valence-corrected chi connectivity index (χ2v) is 5.05. The van der Waals surface area contributed by atoms with Crippen molar-refractivity contribution in [3.63, 3.8) is 0 Å². The van der Waals surface area contributed by atoms with Gasteiger partial charge >= 0.3 is 0 Å². The predicted octanol–water partition coefficient (Wildman–Crippen LogP) is 3.55. The molecule has 5 heteroatoms. The first-order chi connectivity index (χ1) is 8.40. The largest absolute Gasteiger partial charge is 0.381 e. The average molecular weight is 310 g/mol. The van der Waals surface area contributed by atoms with Gasteiger partial charge in [-0.05, 0) is 44.0 Å². The molecule has 1 heterocycles. The molecule has 0 atom stereocenters. The summed E-state index contributed by atoms with van der Waals surface area (Å²) in [5.74, 6) is -0.217. The monoisotopic (exact) mass is 309 g/mol. The van der Waals surface area contributed by atoms with Crippen molar-refractivity contribution in [3.05, 3.63) is 39.2 Å². The number of anilines is 1. The molecular formula is C13H13BrFN3. The lowest BCUT2D eigenvalue weighted by molar-refractivity contribution is 0.608. The Morgan fingerprint density at radius 2 is 1.67 bits per heavy atom. The zero-order valence-corrected chi connectivity index (χ0v) is 12.0. The van der Waals surface area contributed by atoms with Crippen molar-refractivity contribution in [1.29, 1.82) is 0 Å². The number of hydrogen-bond donors (Lipinski definition) is 1. The molecule has 0 fully saturated rings. The summed E-state index contributed by atoms with van der Waals surface area (Å²) >= 11 is 3.50. The maximum atomic E-state index is 13.4. The number of hydrogen-bond acceptors (Lipinski definition) is 3. The summed E-state index contributed by atoms with van der Waals surface area (Å²) in [6, 6.07) is 3.90. The van der Waals surface area contributed by atoms with Gasteiger partial charge in [0.25, 0.3) is 0 Å². The van der Waals surface area contributed by atoms with E-state index < -0.39 is 5.82 Å². The standard InChI is InChI=1S/C13H13BrFN3/c1-6-4-9(5-7(2)10(6)14)13-17-8(3)11(15)12(16)18-13/h4-5H,1-3H3,(H2,16,17,18). The summed E-state index contributed by atoms with van der Waals surface area (Å²) < 4.78 is 14.4. The smallest absolute Gasteiger partial charge is 0.186 e. The van der Waals surface area contributed by atoms with E-state index in [0.717, 1.165) is 21.2 Å². The van der Waals surface area contributed by atoms with Crippen LogP contribution in [0.1, 0.15) is 16.8 Å². The zero-order chi connectivity index (χ0) is 13.4. The van der Waals surface area contributed by atoms with Crippen molar-refractivity contribution in [2.45, 2.75) is 20.8 Å². The highest BCUT2D eigenvalue weighted by Gasteiger charge is 2.11. The van der Waals surface area contributed by atoms with Crippen LogP contribution in [0.2, 0.25) is 0 Å². The molecule has 0 radical (unpaired) electrons. The van der Waals surface area contributed by atoms with E-state index in [9.17, 15) is 4.39 Å². The number of benzene rings is 1. The summed E-state index contributed by atoms with van der Waals surface area (Å²) in [6.07, 6.45) is 0. The van der Waals surface area contributed by atoms with Crippen molar-refractivity contribution < 1.29 is 4.39 Å². The highest BCUT2D eigenvalue weighted by molar-refractivity contribution is 9.10. The van der Waals surface area contributed by atoms with Crippen LogP contribution < -0.4 is 5.73 Å². The lowest BCUT2D eigenvalue weighted by atomic mass is 10.1. The molecule has 0 spiro atoms. The first kappa shape index (κ1) is 13.0. The second kappa shape index (κ2) is 4.65. The van der Waals surface area contributed by atoms with E-state index in [4.69, 9.17) is 5.73 Å². The van der Waals surface area contributed by atoms with Crippen LogP contribution in [0.25, 0.3) is 11.4 Å². The van der Waals surface area contributed by atoms with E-state index in [2.05, 4.69) is 25.9 Å².